The second-order valence-corrected chi connectivity index (χ2v) is 5.84. The minimum atomic E-state index is -1.41. The van der Waals surface area contributed by atoms with Gasteiger partial charge in [0.15, 0.2) is 5.82 Å². The van der Waals surface area contributed by atoms with Crippen LogP contribution in [0.3, 0.4) is 0 Å². The van der Waals surface area contributed by atoms with Gasteiger partial charge in [0.05, 0.1) is 5.69 Å². The van der Waals surface area contributed by atoms with Gasteiger partial charge < -0.3 is 5.32 Å². The number of amides is 2. The third-order valence-corrected chi connectivity index (χ3v) is 4.17. The molecule has 2 atom stereocenters. The first-order chi connectivity index (χ1) is 12.3. The van der Waals surface area contributed by atoms with E-state index in [-0.39, 0.29) is 12.1 Å². The molecule has 1 heterocycles. The molecular formula is C17H13F4N3O2. The molecular weight excluding hydrogens is 354 g/mol. The average molecular weight is 367 g/mol. The lowest BCUT2D eigenvalue weighted by atomic mass is 9.87. The van der Waals surface area contributed by atoms with E-state index in [4.69, 9.17) is 5.84 Å². The molecule has 0 aliphatic carbocycles. The first-order valence-corrected chi connectivity index (χ1v) is 7.55. The van der Waals surface area contributed by atoms with Crippen LogP contribution in [0.5, 0.6) is 0 Å². The van der Waals surface area contributed by atoms with Crippen molar-refractivity contribution in [2.75, 3.05) is 11.6 Å². The number of carbonyl (C=O) groups is 2. The zero-order valence-electron chi connectivity index (χ0n) is 13.2. The first-order valence-electron chi connectivity index (χ1n) is 7.55. The van der Waals surface area contributed by atoms with Crippen molar-refractivity contribution >= 4 is 17.5 Å². The molecule has 1 aliphatic heterocycles. The van der Waals surface area contributed by atoms with Crippen LogP contribution in [-0.2, 0) is 9.59 Å². The Morgan fingerprint density at radius 2 is 1.69 bits per heavy atom. The van der Waals surface area contributed by atoms with E-state index >= 15 is 0 Å². The van der Waals surface area contributed by atoms with Crippen LogP contribution in [0.25, 0.3) is 0 Å². The standard InChI is InChI=1S/C17H13F4N3O2/c18-9-1-2-14(13(21)6-9)24(22)17(26)15-12(7-23-16(15)25)8-3-10(19)5-11(20)4-8/h1-6,12,15H,7,22H2,(H,23,25). The van der Waals surface area contributed by atoms with Crippen molar-refractivity contribution in [1.29, 1.82) is 0 Å². The Bertz CT molecular complexity index is 870. The molecule has 9 heteroatoms. The maximum Gasteiger partial charge on any atom is 0.254 e. The van der Waals surface area contributed by atoms with Crippen molar-refractivity contribution in [3.8, 4) is 0 Å². The summed E-state index contributed by atoms with van der Waals surface area (Å²) in [6.45, 7) is -0.0438. The quantitative estimate of drug-likeness (QED) is 0.286. The molecule has 0 saturated carbocycles. The van der Waals surface area contributed by atoms with Gasteiger partial charge in [0.25, 0.3) is 5.91 Å². The Labute approximate surface area is 145 Å². The van der Waals surface area contributed by atoms with E-state index in [1.807, 2.05) is 0 Å². The average Bonchev–Trinajstić information content (AvgIpc) is 2.94. The van der Waals surface area contributed by atoms with E-state index in [9.17, 15) is 27.2 Å². The van der Waals surface area contributed by atoms with Gasteiger partial charge in [-0.25, -0.2) is 28.4 Å². The normalized spacial score (nSPS) is 19.3. The van der Waals surface area contributed by atoms with Gasteiger partial charge in [-0.3, -0.25) is 9.59 Å². The van der Waals surface area contributed by atoms with Gasteiger partial charge in [-0.15, -0.1) is 0 Å². The maximum absolute atomic E-state index is 13.9. The summed E-state index contributed by atoms with van der Waals surface area (Å²) in [5.41, 5.74) is -0.340. The molecule has 136 valence electrons. The molecule has 0 bridgehead atoms. The molecule has 3 rings (SSSR count). The SMILES string of the molecule is NN(C(=O)C1C(=O)NCC1c1cc(F)cc(F)c1)c1ccc(F)cc1F. The monoisotopic (exact) mass is 367 g/mol. The van der Waals surface area contributed by atoms with Crippen LogP contribution < -0.4 is 16.2 Å². The second-order valence-electron chi connectivity index (χ2n) is 5.84. The third kappa shape index (κ3) is 3.25. The van der Waals surface area contributed by atoms with Crippen molar-refractivity contribution in [1.82, 2.24) is 5.32 Å². The first kappa shape index (κ1) is 17.9. The van der Waals surface area contributed by atoms with E-state index in [1.165, 1.54) is 0 Å². The van der Waals surface area contributed by atoms with E-state index < -0.39 is 52.6 Å². The number of carbonyl (C=O) groups excluding carboxylic acids is 2. The second kappa shape index (κ2) is 6.75. The molecule has 1 saturated heterocycles. The van der Waals surface area contributed by atoms with E-state index in [2.05, 4.69) is 5.32 Å². The molecule has 1 aliphatic rings. The number of halogens is 4. The van der Waals surface area contributed by atoms with Crippen molar-refractivity contribution in [2.45, 2.75) is 5.92 Å². The number of hydrazine groups is 1. The predicted molar refractivity (Wildman–Crippen MR) is 83.6 cm³/mol. The molecule has 1 fully saturated rings. The fraction of sp³-hybridized carbons (Fsp3) is 0.176. The summed E-state index contributed by atoms with van der Waals surface area (Å²) in [6, 6.07) is 5.07. The van der Waals surface area contributed by atoms with Gasteiger partial charge in [0.1, 0.15) is 23.4 Å². The van der Waals surface area contributed by atoms with Crippen LogP contribution >= 0.6 is 0 Å². The molecule has 0 aromatic heterocycles. The van der Waals surface area contributed by atoms with Crippen LogP contribution in [0.2, 0.25) is 0 Å². The lowest BCUT2D eigenvalue weighted by Crippen LogP contribution is -2.45. The number of nitrogens with two attached hydrogens (primary N) is 1. The molecule has 2 amide bonds. The fourth-order valence-electron chi connectivity index (χ4n) is 2.95. The van der Waals surface area contributed by atoms with E-state index in [1.54, 1.807) is 0 Å². The van der Waals surface area contributed by atoms with Gasteiger partial charge >= 0.3 is 0 Å². The number of hydrogen-bond donors (Lipinski definition) is 2. The van der Waals surface area contributed by atoms with E-state index in [0.717, 1.165) is 24.3 Å². The fourth-order valence-corrected chi connectivity index (χ4v) is 2.95. The summed E-state index contributed by atoms with van der Waals surface area (Å²) >= 11 is 0. The lowest BCUT2D eigenvalue weighted by Gasteiger charge is -2.23. The molecule has 0 spiro atoms. The van der Waals surface area contributed by atoms with Gasteiger partial charge in [-0.2, -0.15) is 0 Å². The lowest BCUT2D eigenvalue weighted by molar-refractivity contribution is -0.132. The Balaban J connectivity index is 1.94. The Kier molecular flexibility index (Phi) is 4.64. The predicted octanol–water partition coefficient (Wildman–Crippen LogP) is 1.98. The molecule has 0 radical (unpaired) electrons. The summed E-state index contributed by atoms with van der Waals surface area (Å²) in [6.07, 6.45) is 0. The van der Waals surface area contributed by atoms with Crippen molar-refractivity contribution in [2.24, 2.45) is 11.8 Å². The molecule has 2 aromatic carbocycles. The van der Waals surface area contributed by atoms with Crippen LogP contribution in [-0.4, -0.2) is 18.4 Å². The largest absolute Gasteiger partial charge is 0.355 e. The minimum Gasteiger partial charge on any atom is -0.355 e. The number of rotatable bonds is 3. The Hall–Kier alpha value is -2.94. The third-order valence-electron chi connectivity index (χ3n) is 4.17. The van der Waals surface area contributed by atoms with Crippen molar-refractivity contribution in [3.05, 3.63) is 65.2 Å². The van der Waals surface area contributed by atoms with Gasteiger partial charge in [0, 0.05) is 24.6 Å². The van der Waals surface area contributed by atoms with Crippen LogP contribution in [0.1, 0.15) is 11.5 Å². The summed E-state index contributed by atoms with van der Waals surface area (Å²) in [5, 5.41) is 2.82. The number of nitrogens with one attached hydrogen (secondary N) is 1. The van der Waals surface area contributed by atoms with Crippen LogP contribution in [0.4, 0.5) is 23.2 Å². The maximum atomic E-state index is 13.9. The zero-order valence-corrected chi connectivity index (χ0v) is 13.2. The number of hydrogen-bond acceptors (Lipinski definition) is 3. The number of benzene rings is 2. The topological polar surface area (TPSA) is 75.4 Å². The molecule has 2 aromatic rings. The molecule has 2 unspecified atom stereocenters. The zero-order chi connectivity index (χ0) is 19.0. The molecule has 26 heavy (non-hydrogen) atoms. The van der Waals surface area contributed by atoms with Crippen molar-refractivity contribution in [3.63, 3.8) is 0 Å². The smallest absolute Gasteiger partial charge is 0.254 e. The van der Waals surface area contributed by atoms with Crippen molar-refractivity contribution < 1.29 is 27.2 Å². The summed E-state index contributed by atoms with van der Waals surface area (Å²) in [5.74, 6) is -2.05. The van der Waals surface area contributed by atoms with Gasteiger partial charge in [-0.05, 0) is 29.8 Å². The summed E-state index contributed by atoms with van der Waals surface area (Å²) in [7, 11) is 0. The summed E-state index contributed by atoms with van der Waals surface area (Å²) in [4.78, 5) is 24.7. The van der Waals surface area contributed by atoms with Crippen LogP contribution in [0, 0.1) is 29.2 Å². The molecule has 5 nitrogen and oxygen atoms in total. The number of anilines is 1. The van der Waals surface area contributed by atoms with Gasteiger partial charge in [0.2, 0.25) is 5.91 Å². The minimum absolute atomic E-state index is 0.0438. The summed E-state index contributed by atoms with van der Waals surface area (Å²) < 4.78 is 53.8. The highest BCUT2D eigenvalue weighted by Crippen LogP contribution is 2.32. The van der Waals surface area contributed by atoms with Crippen LogP contribution in [0.15, 0.2) is 36.4 Å². The highest BCUT2D eigenvalue weighted by molar-refractivity contribution is 6.09. The van der Waals surface area contributed by atoms with Gasteiger partial charge in [-0.1, -0.05) is 0 Å². The molecule has 3 N–H and O–H groups in total. The highest BCUT2D eigenvalue weighted by atomic mass is 19.1. The number of nitrogens with zero attached hydrogens (tertiary/aromatic N) is 1. The highest BCUT2D eigenvalue weighted by Gasteiger charge is 2.43. The Morgan fingerprint density at radius 3 is 2.31 bits per heavy atom. The van der Waals surface area contributed by atoms with E-state index in [0.29, 0.717) is 17.1 Å². The Morgan fingerprint density at radius 1 is 1.04 bits per heavy atom.